The summed E-state index contributed by atoms with van der Waals surface area (Å²) >= 11 is 0. The van der Waals surface area contributed by atoms with Crippen LogP contribution >= 0.6 is 0 Å². The second-order valence-electron chi connectivity index (χ2n) is 4.04. The Balaban J connectivity index is 2.33. The van der Waals surface area contributed by atoms with Crippen molar-refractivity contribution >= 4 is 10.8 Å². The van der Waals surface area contributed by atoms with E-state index in [0.717, 1.165) is 12.8 Å². The van der Waals surface area contributed by atoms with Gasteiger partial charge in [-0.25, -0.2) is 0 Å². The summed E-state index contributed by atoms with van der Waals surface area (Å²) < 4.78 is 0. The number of aryl methyl sites for hydroxylation is 1. The van der Waals surface area contributed by atoms with Crippen molar-refractivity contribution in [2.75, 3.05) is 0 Å². The molecule has 0 fully saturated rings. The van der Waals surface area contributed by atoms with E-state index in [0.29, 0.717) is 0 Å². The first-order valence-corrected chi connectivity index (χ1v) is 5.12. The maximum Gasteiger partial charge on any atom is 0.0300 e. The summed E-state index contributed by atoms with van der Waals surface area (Å²) in [5.74, 6) is 0. The molecule has 2 N–H and O–H groups in total. The third-order valence-electron chi connectivity index (χ3n) is 3.13. The average molecular weight is 183 g/mol. The first kappa shape index (κ1) is 8.01. The highest BCUT2D eigenvalue weighted by molar-refractivity contribution is 5.84. The molecule has 0 spiro atoms. The molecule has 0 saturated heterocycles. The molecule has 14 heavy (non-hydrogen) atoms. The summed E-state index contributed by atoms with van der Waals surface area (Å²) in [6, 6.07) is 13.3. The normalized spacial score (nSPS) is 19.9. The van der Waals surface area contributed by atoms with Crippen molar-refractivity contribution < 1.29 is 0 Å². The van der Waals surface area contributed by atoms with Gasteiger partial charge in [-0.3, -0.25) is 0 Å². The SMILES string of the molecule is NC1CCc2cc3ccccc3cc21. The minimum Gasteiger partial charge on any atom is -0.324 e. The molecule has 3 rings (SSSR count). The fourth-order valence-corrected chi connectivity index (χ4v) is 2.33. The van der Waals surface area contributed by atoms with Crippen LogP contribution in [0.25, 0.3) is 10.8 Å². The molecule has 1 unspecified atom stereocenters. The van der Waals surface area contributed by atoms with Crippen molar-refractivity contribution in [2.24, 2.45) is 5.73 Å². The topological polar surface area (TPSA) is 26.0 Å². The summed E-state index contributed by atoms with van der Waals surface area (Å²) in [5.41, 5.74) is 8.83. The van der Waals surface area contributed by atoms with Gasteiger partial charge in [0, 0.05) is 6.04 Å². The summed E-state index contributed by atoms with van der Waals surface area (Å²) in [6.45, 7) is 0. The molecule has 1 nitrogen and oxygen atoms in total. The lowest BCUT2D eigenvalue weighted by Crippen LogP contribution is -2.04. The molecule has 0 bridgehead atoms. The van der Waals surface area contributed by atoms with Crippen LogP contribution in [0.15, 0.2) is 36.4 Å². The molecule has 1 aliphatic rings. The van der Waals surface area contributed by atoms with Gasteiger partial charge in [-0.15, -0.1) is 0 Å². The maximum absolute atomic E-state index is 6.04. The van der Waals surface area contributed by atoms with Gasteiger partial charge in [0.05, 0.1) is 0 Å². The van der Waals surface area contributed by atoms with E-state index in [2.05, 4.69) is 36.4 Å². The third-order valence-corrected chi connectivity index (χ3v) is 3.13. The Labute approximate surface area is 83.5 Å². The summed E-state index contributed by atoms with van der Waals surface area (Å²) in [4.78, 5) is 0. The Morgan fingerprint density at radius 2 is 1.79 bits per heavy atom. The number of hydrogen-bond acceptors (Lipinski definition) is 1. The van der Waals surface area contributed by atoms with Crippen molar-refractivity contribution in [3.05, 3.63) is 47.5 Å². The van der Waals surface area contributed by atoms with E-state index in [9.17, 15) is 0 Å². The van der Waals surface area contributed by atoms with Crippen molar-refractivity contribution in [3.63, 3.8) is 0 Å². The third kappa shape index (κ3) is 1.06. The van der Waals surface area contributed by atoms with Crippen molar-refractivity contribution in [2.45, 2.75) is 18.9 Å². The van der Waals surface area contributed by atoms with Gasteiger partial charge in [-0.05, 0) is 40.8 Å². The number of nitrogens with two attached hydrogens (primary N) is 1. The second kappa shape index (κ2) is 2.82. The van der Waals surface area contributed by atoms with Gasteiger partial charge in [0.15, 0.2) is 0 Å². The van der Waals surface area contributed by atoms with Crippen LogP contribution in [0.1, 0.15) is 23.6 Å². The Morgan fingerprint density at radius 3 is 2.57 bits per heavy atom. The van der Waals surface area contributed by atoms with Gasteiger partial charge < -0.3 is 5.73 Å². The number of hydrogen-bond donors (Lipinski definition) is 1. The average Bonchev–Trinajstić information content (AvgIpc) is 2.57. The highest BCUT2D eigenvalue weighted by Crippen LogP contribution is 2.32. The maximum atomic E-state index is 6.04. The van der Waals surface area contributed by atoms with E-state index in [4.69, 9.17) is 5.73 Å². The fraction of sp³-hybridized carbons (Fsp3) is 0.231. The summed E-state index contributed by atoms with van der Waals surface area (Å²) in [7, 11) is 0. The molecule has 0 saturated carbocycles. The smallest absolute Gasteiger partial charge is 0.0300 e. The highest BCUT2D eigenvalue weighted by Gasteiger charge is 2.18. The van der Waals surface area contributed by atoms with Crippen LogP contribution in [-0.4, -0.2) is 0 Å². The molecule has 0 aliphatic heterocycles. The predicted molar refractivity (Wildman–Crippen MR) is 59.2 cm³/mol. The number of fused-ring (bicyclic) bond motifs is 2. The van der Waals surface area contributed by atoms with Crippen molar-refractivity contribution in [1.29, 1.82) is 0 Å². The summed E-state index contributed by atoms with van der Waals surface area (Å²) in [5, 5.41) is 2.64. The summed E-state index contributed by atoms with van der Waals surface area (Å²) in [6.07, 6.45) is 2.24. The lowest BCUT2D eigenvalue weighted by Gasteiger charge is -2.06. The molecule has 2 aromatic carbocycles. The van der Waals surface area contributed by atoms with Gasteiger partial charge in [-0.1, -0.05) is 30.3 Å². The lowest BCUT2D eigenvalue weighted by molar-refractivity contribution is 0.714. The van der Waals surface area contributed by atoms with Gasteiger partial charge in [0.1, 0.15) is 0 Å². The van der Waals surface area contributed by atoms with Crippen LogP contribution in [0.3, 0.4) is 0 Å². The van der Waals surface area contributed by atoms with Crippen LogP contribution < -0.4 is 5.73 Å². The van der Waals surface area contributed by atoms with Crippen LogP contribution in [0.4, 0.5) is 0 Å². The zero-order chi connectivity index (χ0) is 9.54. The fourth-order valence-electron chi connectivity index (χ4n) is 2.33. The van der Waals surface area contributed by atoms with Gasteiger partial charge >= 0.3 is 0 Å². The van der Waals surface area contributed by atoms with Gasteiger partial charge in [-0.2, -0.15) is 0 Å². The zero-order valence-corrected chi connectivity index (χ0v) is 8.03. The zero-order valence-electron chi connectivity index (χ0n) is 8.03. The van der Waals surface area contributed by atoms with Gasteiger partial charge in [0.2, 0.25) is 0 Å². The number of benzene rings is 2. The highest BCUT2D eigenvalue weighted by atomic mass is 14.6. The lowest BCUT2D eigenvalue weighted by atomic mass is 10.0. The predicted octanol–water partition coefficient (Wildman–Crippen LogP) is 2.79. The van der Waals surface area contributed by atoms with E-state index in [1.807, 2.05) is 0 Å². The Morgan fingerprint density at radius 1 is 1.07 bits per heavy atom. The molecule has 0 radical (unpaired) electrons. The largest absolute Gasteiger partial charge is 0.324 e. The van der Waals surface area contributed by atoms with E-state index >= 15 is 0 Å². The van der Waals surface area contributed by atoms with Crippen LogP contribution in [0, 0.1) is 0 Å². The Kier molecular flexibility index (Phi) is 1.62. The molecule has 0 heterocycles. The first-order chi connectivity index (χ1) is 6.84. The minimum atomic E-state index is 0.259. The first-order valence-electron chi connectivity index (χ1n) is 5.12. The molecule has 1 heteroatoms. The molecule has 2 aromatic rings. The Hall–Kier alpha value is -1.34. The molecule has 1 atom stereocenters. The van der Waals surface area contributed by atoms with E-state index < -0.39 is 0 Å². The molecule has 70 valence electrons. The Bertz CT molecular complexity index is 488. The van der Waals surface area contributed by atoms with Crippen LogP contribution in [0.5, 0.6) is 0 Å². The second-order valence-corrected chi connectivity index (χ2v) is 4.04. The van der Waals surface area contributed by atoms with E-state index in [1.165, 1.54) is 21.9 Å². The number of rotatable bonds is 0. The molecule has 1 aliphatic carbocycles. The van der Waals surface area contributed by atoms with Crippen molar-refractivity contribution in [3.8, 4) is 0 Å². The molecule has 0 aromatic heterocycles. The quantitative estimate of drug-likeness (QED) is 0.667. The van der Waals surface area contributed by atoms with Crippen LogP contribution in [-0.2, 0) is 6.42 Å². The van der Waals surface area contributed by atoms with E-state index in [-0.39, 0.29) is 6.04 Å². The standard InChI is InChI=1S/C13H13N/c14-13-6-5-11-7-9-3-1-2-4-10(9)8-12(11)13/h1-4,7-8,13H,5-6,14H2. The minimum absolute atomic E-state index is 0.259. The van der Waals surface area contributed by atoms with Gasteiger partial charge in [0.25, 0.3) is 0 Å². The van der Waals surface area contributed by atoms with E-state index in [1.54, 1.807) is 0 Å². The monoisotopic (exact) mass is 183 g/mol. The molecular formula is C13H13N. The van der Waals surface area contributed by atoms with Crippen molar-refractivity contribution in [1.82, 2.24) is 0 Å². The van der Waals surface area contributed by atoms with Crippen LogP contribution in [0.2, 0.25) is 0 Å². The molecular weight excluding hydrogens is 170 g/mol. The molecule has 0 amide bonds.